The monoisotopic (exact) mass is 474 g/mol. The summed E-state index contributed by atoms with van der Waals surface area (Å²) in [5.41, 5.74) is -1.80. The van der Waals surface area contributed by atoms with Crippen LogP contribution in [0, 0.1) is 18.6 Å². The largest absolute Gasteiger partial charge is 0.502 e. The second-order valence-corrected chi connectivity index (χ2v) is 8.31. The predicted octanol–water partition coefficient (Wildman–Crippen LogP) is 1.40. The molecule has 0 fully saturated rings. The number of hydrogen-bond acceptors (Lipinski definition) is 6. The molecule has 9 nitrogen and oxygen atoms in total. The van der Waals surface area contributed by atoms with Crippen LogP contribution in [0.2, 0.25) is 0 Å². The van der Waals surface area contributed by atoms with E-state index in [1.807, 2.05) is 12.2 Å². The maximum Gasteiger partial charge on any atom is 0.278 e. The molecular weight excluding hydrogens is 450 g/mol. The SMILES string of the molecule is COC[C@@H]1C=C[C@H](C)N2CN1n1cc(C(=O)NCc3c(F)cc(C)cc3F)c(=O)c(O)c1C2=O. The van der Waals surface area contributed by atoms with Gasteiger partial charge in [-0.15, -0.1) is 0 Å². The molecule has 2 aliphatic rings. The van der Waals surface area contributed by atoms with Crippen LogP contribution >= 0.6 is 0 Å². The Balaban J connectivity index is 1.72. The van der Waals surface area contributed by atoms with Gasteiger partial charge in [-0.05, 0) is 31.5 Å². The van der Waals surface area contributed by atoms with Gasteiger partial charge in [0.25, 0.3) is 11.8 Å². The van der Waals surface area contributed by atoms with Gasteiger partial charge in [-0.25, -0.2) is 8.78 Å². The zero-order valence-corrected chi connectivity index (χ0v) is 18.8. The van der Waals surface area contributed by atoms with E-state index in [-0.39, 0.29) is 36.6 Å². The molecule has 0 radical (unpaired) electrons. The number of rotatable bonds is 5. The zero-order chi connectivity index (χ0) is 24.7. The van der Waals surface area contributed by atoms with Crippen molar-refractivity contribution in [1.82, 2.24) is 14.9 Å². The highest BCUT2D eigenvalue weighted by atomic mass is 19.1. The molecule has 34 heavy (non-hydrogen) atoms. The lowest BCUT2D eigenvalue weighted by Crippen LogP contribution is -2.58. The van der Waals surface area contributed by atoms with E-state index in [9.17, 15) is 28.3 Å². The number of nitrogens with zero attached hydrogens (tertiary/aromatic N) is 3. The third kappa shape index (κ3) is 3.92. The van der Waals surface area contributed by atoms with Gasteiger partial charge in [0, 0.05) is 31.5 Å². The number of halogens is 2. The highest BCUT2D eigenvalue weighted by molar-refractivity contribution is 5.99. The molecule has 180 valence electrons. The number of ether oxygens (including phenoxy) is 1. The fourth-order valence-corrected chi connectivity index (χ4v) is 4.12. The molecule has 2 atom stereocenters. The molecule has 2 bridgehead atoms. The van der Waals surface area contributed by atoms with Crippen LogP contribution in [0.25, 0.3) is 0 Å². The highest BCUT2D eigenvalue weighted by Gasteiger charge is 2.39. The van der Waals surface area contributed by atoms with Crippen molar-refractivity contribution >= 4 is 11.8 Å². The van der Waals surface area contributed by atoms with Gasteiger partial charge in [-0.2, -0.15) is 0 Å². The summed E-state index contributed by atoms with van der Waals surface area (Å²) in [5, 5.41) is 14.6. The standard InChI is InChI=1S/C23H24F2N4O5/c1-12-6-17(24)15(18(25)7-12)8-26-22(32)16-9-28-19(21(31)20(16)30)23(33)27-11-29(28)14(10-34-3)5-4-13(27)2/h4-7,9,13-14,31H,8,10-11H2,1-3H3,(H,26,32)/t13-,14-/m0/s1. The molecule has 2 aromatic rings. The normalized spacial score (nSPS) is 19.1. The molecule has 0 unspecified atom stereocenters. The molecule has 2 amide bonds. The van der Waals surface area contributed by atoms with Gasteiger partial charge in [0.2, 0.25) is 5.43 Å². The quantitative estimate of drug-likeness (QED) is 0.635. The Bertz CT molecular complexity index is 1240. The lowest BCUT2D eigenvalue weighted by Gasteiger charge is -2.42. The van der Waals surface area contributed by atoms with Crippen molar-refractivity contribution in [1.29, 1.82) is 0 Å². The minimum absolute atomic E-state index is 0.122. The second-order valence-electron chi connectivity index (χ2n) is 8.31. The van der Waals surface area contributed by atoms with E-state index in [2.05, 4.69) is 5.32 Å². The Labute approximate surface area is 193 Å². The molecule has 2 N–H and O–H groups in total. The third-order valence-corrected chi connectivity index (χ3v) is 5.98. The molecule has 2 aliphatic heterocycles. The highest BCUT2D eigenvalue weighted by Crippen LogP contribution is 2.26. The average Bonchev–Trinajstić information content (AvgIpc) is 2.91. The minimum Gasteiger partial charge on any atom is -0.502 e. The summed E-state index contributed by atoms with van der Waals surface area (Å²) in [6.07, 6.45) is 4.81. The van der Waals surface area contributed by atoms with Crippen molar-refractivity contribution < 1.29 is 28.2 Å². The van der Waals surface area contributed by atoms with Gasteiger partial charge in [0.15, 0.2) is 11.4 Å². The first-order chi connectivity index (χ1) is 16.1. The van der Waals surface area contributed by atoms with Crippen molar-refractivity contribution in [3.63, 3.8) is 0 Å². The number of aromatic nitrogens is 1. The molecule has 4 rings (SSSR count). The summed E-state index contributed by atoms with van der Waals surface area (Å²) in [6, 6.07) is 1.59. The minimum atomic E-state index is -1.06. The number of nitrogens with one attached hydrogen (secondary N) is 1. The summed E-state index contributed by atoms with van der Waals surface area (Å²) in [6.45, 7) is 3.19. The smallest absolute Gasteiger partial charge is 0.278 e. The van der Waals surface area contributed by atoms with Crippen LogP contribution in [0.3, 0.4) is 0 Å². The number of aryl methyl sites for hydroxylation is 1. The van der Waals surface area contributed by atoms with Crippen molar-refractivity contribution in [3.05, 3.63) is 74.7 Å². The Kier molecular flexibility index (Phi) is 6.13. The lowest BCUT2D eigenvalue weighted by atomic mass is 10.1. The van der Waals surface area contributed by atoms with Crippen molar-refractivity contribution in [3.8, 4) is 5.75 Å². The molecular formula is C23H24F2N4O5. The van der Waals surface area contributed by atoms with E-state index in [0.717, 1.165) is 18.3 Å². The van der Waals surface area contributed by atoms with Gasteiger partial charge >= 0.3 is 0 Å². The Morgan fingerprint density at radius 3 is 2.56 bits per heavy atom. The average molecular weight is 474 g/mol. The zero-order valence-electron chi connectivity index (χ0n) is 18.8. The van der Waals surface area contributed by atoms with Gasteiger partial charge in [0.05, 0.1) is 12.6 Å². The van der Waals surface area contributed by atoms with Crippen LogP contribution in [-0.2, 0) is 11.3 Å². The first-order valence-electron chi connectivity index (χ1n) is 10.6. The molecule has 0 saturated carbocycles. The van der Waals surface area contributed by atoms with Crippen LogP contribution < -0.4 is 15.8 Å². The topological polar surface area (TPSA) is 104 Å². The van der Waals surface area contributed by atoms with Crippen LogP contribution in [-0.4, -0.2) is 59.0 Å². The Morgan fingerprint density at radius 2 is 1.91 bits per heavy atom. The molecule has 0 aliphatic carbocycles. The van der Waals surface area contributed by atoms with Crippen molar-refractivity contribution in [2.24, 2.45) is 0 Å². The number of aromatic hydroxyl groups is 1. The van der Waals surface area contributed by atoms with E-state index >= 15 is 0 Å². The van der Waals surface area contributed by atoms with Crippen LogP contribution in [0.5, 0.6) is 5.75 Å². The Hall–Kier alpha value is -3.73. The third-order valence-electron chi connectivity index (χ3n) is 5.98. The van der Waals surface area contributed by atoms with E-state index in [4.69, 9.17) is 4.74 Å². The maximum absolute atomic E-state index is 14.1. The van der Waals surface area contributed by atoms with Crippen LogP contribution in [0.15, 0.2) is 35.3 Å². The number of fused-ring (bicyclic) bond motifs is 4. The summed E-state index contributed by atoms with van der Waals surface area (Å²) in [4.78, 5) is 40.2. The summed E-state index contributed by atoms with van der Waals surface area (Å²) < 4.78 is 34.8. The van der Waals surface area contributed by atoms with Gasteiger partial charge in [0.1, 0.15) is 23.9 Å². The predicted molar refractivity (Wildman–Crippen MR) is 118 cm³/mol. The summed E-state index contributed by atoms with van der Waals surface area (Å²) in [7, 11) is 1.51. The van der Waals surface area contributed by atoms with Gasteiger partial charge in [-0.3, -0.25) is 24.1 Å². The van der Waals surface area contributed by atoms with E-state index in [1.165, 1.54) is 23.6 Å². The van der Waals surface area contributed by atoms with E-state index in [1.54, 1.807) is 11.9 Å². The lowest BCUT2D eigenvalue weighted by molar-refractivity contribution is 0.0638. The number of carbonyl (C=O) groups is 2. The molecule has 1 aromatic heterocycles. The van der Waals surface area contributed by atoms with Crippen molar-refractivity contribution in [2.45, 2.75) is 32.5 Å². The second kappa shape index (κ2) is 8.90. The molecule has 3 heterocycles. The maximum atomic E-state index is 14.1. The molecule has 11 heteroatoms. The van der Waals surface area contributed by atoms with Crippen LogP contribution in [0.4, 0.5) is 8.78 Å². The number of carbonyl (C=O) groups excluding carboxylic acids is 2. The molecule has 0 saturated heterocycles. The fourth-order valence-electron chi connectivity index (χ4n) is 4.12. The number of hydrogen-bond donors (Lipinski definition) is 2. The first-order valence-corrected chi connectivity index (χ1v) is 10.6. The number of amides is 2. The van der Waals surface area contributed by atoms with Crippen molar-refractivity contribution in [2.75, 3.05) is 25.4 Å². The Morgan fingerprint density at radius 1 is 1.24 bits per heavy atom. The van der Waals surface area contributed by atoms with E-state index < -0.39 is 46.7 Å². The molecule has 1 aromatic carbocycles. The van der Waals surface area contributed by atoms with Gasteiger partial charge < -0.3 is 20.1 Å². The molecule has 0 spiro atoms. The van der Waals surface area contributed by atoms with Gasteiger partial charge in [-0.1, -0.05) is 12.2 Å². The summed E-state index contributed by atoms with van der Waals surface area (Å²) >= 11 is 0. The van der Waals surface area contributed by atoms with Crippen LogP contribution in [0.1, 0.15) is 38.9 Å². The number of methoxy groups -OCH3 is 1. The number of pyridine rings is 1. The first kappa shape index (κ1) is 23.4. The summed E-state index contributed by atoms with van der Waals surface area (Å²) in [5.74, 6) is -4.07. The number of benzene rings is 1. The fraction of sp³-hybridized carbons (Fsp3) is 0.348. The van der Waals surface area contributed by atoms with E-state index in [0.29, 0.717) is 5.56 Å².